The van der Waals surface area contributed by atoms with E-state index in [0.29, 0.717) is 0 Å². The van der Waals surface area contributed by atoms with Crippen molar-refractivity contribution in [3.63, 3.8) is 0 Å². The Balaban J connectivity index is 2.11. The normalized spacial score (nSPS) is 12.8. The van der Waals surface area contributed by atoms with Crippen molar-refractivity contribution in [1.82, 2.24) is 5.32 Å². The van der Waals surface area contributed by atoms with E-state index in [-0.39, 0.29) is 11.9 Å². The van der Waals surface area contributed by atoms with Crippen molar-refractivity contribution in [2.75, 3.05) is 7.05 Å². The van der Waals surface area contributed by atoms with Gasteiger partial charge in [0.1, 0.15) is 5.82 Å². The first-order valence-electron chi connectivity index (χ1n) is 7.02. The number of fused-ring (bicyclic) bond motifs is 1. The van der Waals surface area contributed by atoms with Crippen LogP contribution in [0.5, 0.6) is 0 Å². The quantitative estimate of drug-likeness (QED) is 0.720. The fraction of sp³-hybridized carbons (Fsp3) is 0.222. The van der Waals surface area contributed by atoms with Gasteiger partial charge < -0.3 is 5.32 Å². The molecular weight excluding hydrogens is 281 g/mol. The van der Waals surface area contributed by atoms with Gasteiger partial charge in [-0.25, -0.2) is 4.39 Å². The Bertz CT molecular complexity index is 791. The second-order valence-corrected chi connectivity index (χ2v) is 6.46. The van der Waals surface area contributed by atoms with E-state index in [9.17, 15) is 4.39 Å². The van der Waals surface area contributed by atoms with Gasteiger partial charge in [-0.2, -0.15) is 0 Å². The molecule has 0 fully saturated rings. The molecule has 0 saturated carbocycles. The van der Waals surface area contributed by atoms with Crippen molar-refractivity contribution in [3.05, 3.63) is 69.8 Å². The Kier molecular flexibility index (Phi) is 3.79. The molecular formula is C18H18FNS. The minimum absolute atomic E-state index is 0.144. The van der Waals surface area contributed by atoms with Gasteiger partial charge in [0.25, 0.3) is 0 Å². The molecule has 0 bridgehead atoms. The van der Waals surface area contributed by atoms with Gasteiger partial charge in [-0.15, -0.1) is 11.3 Å². The second kappa shape index (κ2) is 5.58. The van der Waals surface area contributed by atoms with E-state index in [1.807, 2.05) is 13.1 Å². The summed E-state index contributed by atoms with van der Waals surface area (Å²) in [6.45, 7) is 4.29. The van der Waals surface area contributed by atoms with Crippen LogP contribution in [-0.2, 0) is 0 Å². The summed E-state index contributed by atoms with van der Waals surface area (Å²) in [5.41, 5.74) is 3.88. The van der Waals surface area contributed by atoms with Crippen LogP contribution >= 0.6 is 11.3 Å². The van der Waals surface area contributed by atoms with E-state index in [2.05, 4.69) is 43.4 Å². The molecule has 1 atom stereocenters. The average Bonchev–Trinajstić information content (AvgIpc) is 2.87. The first-order valence-corrected chi connectivity index (χ1v) is 7.84. The number of aryl methyl sites for hydroxylation is 1. The van der Waals surface area contributed by atoms with E-state index in [0.717, 1.165) is 10.1 Å². The van der Waals surface area contributed by atoms with Gasteiger partial charge >= 0.3 is 0 Å². The lowest BCUT2D eigenvalue weighted by Gasteiger charge is -2.18. The third-order valence-electron chi connectivity index (χ3n) is 4.03. The van der Waals surface area contributed by atoms with Crippen LogP contribution in [0, 0.1) is 19.7 Å². The van der Waals surface area contributed by atoms with Crippen LogP contribution in [-0.4, -0.2) is 7.05 Å². The SMILES string of the molecule is CNC(c1cc2cc(F)ccc2s1)c1cccc(C)c1C. The number of thiophene rings is 1. The molecule has 0 aliphatic heterocycles. The zero-order valence-corrected chi connectivity index (χ0v) is 13.2. The summed E-state index contributed by atoms with van der Waals surface area (Å²) in [5.74, 6) is -0.181. The Morgan fingerprint density at radius 3 is 2.67 bits per heavy atom. The molecule has 21 heavy (non-hydrogen) atoms. The average molecular weight is 299 g/mol. The van der Waals surface area contributed by atoms with Crippen molar-refractivity contribution in [3.8, 4) is 0 Å². The molecule has 1 N–H and O–H groups in total. The minimum Gasteiger partial charge on any atom is -0.309 e. The lowest BCUT2D eigenvalue weighted by atomic mass is 9.96. The predicted octanol–water partition coefficient (Wildman–Crippen LogP) is 4.97. The first kappa shape index (κ1) is 14.2. The van der Waals surface area contributed by atoms with E-state index in [1.54, 1.807) is 17.4 Å². The topological polar surface area (TPSA) is 12.0 Å². The van der Waals surface area contributed by atoms with Crippen molar-refractivity contribution in [1.29, 1.82) is 0 Å². The van der Waals surface area contributed by atoms with Gasteiger partial charge in [0.15, 0.2) is 0 Å². The number of halogens is 1. The smallest absolute Gasteiger partial charge is 0.123 e. The van der Waals surface area contributed by atoms with Gasteiger partial charge in [-0.3, -0.25) is 0 Å². The summed E-state index contributed by atoms with van der Waals surface area (Å²) < 4.78 is 14.5. The number of hydrogen-bond donors (Lipinski definition) is 1. The van der Waals surface area contributed by atoms with Crippen LogP contribution in [0.2, 0.25) is 0 Å². The summed E-state index contributed by atoms with van der Waals surface area (Å²) in [6.07, 6.45) is 0. The number of rotatable bonds is 3. The van der Waals surface area contributed by atoms with Crippen LogP contribution < -0.4 is 5.32 Å². The number of nitrogens with one attached hydrogen (secondary N) is 1. The van der Waals surface area contributed by atoms with E-state index < -0.39 is 0 Å². The molecule has 3 aromatic rings. The van der Waals surface area contributed by atoms with Gasteiger partial charge in [0.2, 0.25) is 0 Å². The maximum absolute atomic E-state index is 13.4. The molecule has 1 nitrogen and oxygen atoms in total. The van der Waals surface area contributed by atoms with Crippen molar-refractivity contribution < 1.29 is 4.39 Å². The predicted molar refractivity (Wildman–Crippen MR) is 88.6 cm³/mol. The van der Waals surface area contributed by atoms with E-state index in [4.69, 9.17) is 0 Å². The Morgan fingerprint density at radius 1 is 1.10 bits per heavy atom. The van der Waals surface area contributed by atoms with E-state index in [1.165, 1.54) is 27.6 Å². The molecule has 1 unspecified atom stereocenters. The van der Waals surface area contributed by atoms with Crippen molar-refractivity contribution in [2.24, 2.45) is 0 Å². The summed E-state index contributed by atoms with van der Waals surface area (Å²) in [4.78, 5) is 1.21. The number of hydrogen-bond acceptors (Lipinski definition) is 2. The highest BCUT2D eigenvalue weighted by Crippen LogP contribution is 2.34. The molecule has 0 amide bonds. The highest BCUT2D eigenvalue weighted by Gasteiger charge is 2.17. The maximum atomic E-state index is 13.4. The van der Waals surface area contributed by atoms with Crippen LogP contribution in [0.15, 0.2) is 42.5 Å². The fourth-order valence-corrected chi connectivity index (χ4v) is 3.89. The minimum atomic E-state index is -0.181. The van der Waals surface area contributed by atoms with E-state index >= 15 is 0 Å². The molecule has 108 valence electrons. The van der Waals surface area contributed by atoms with Gasteiger partial charge in [0.05, 0.1) is 6.04 Å². The lowest BCUT2D eigenvalue weighted by Crippen LogP contribution is -2.17. The molecule has 0 spiro atoms. The summed E-state index contributed by atoms with van der Waals surface area (Å²) in [5, 5.41) is 4.37. The zero-order chi connectivity index (χ0) is 15.0. The molecule has 0 saturated heterocycles. The van der Waals surface area contributed by atoms with Crippen LogP contribution in [0.25, 0.3) is 10.1 Å². The highest BCUT2D eigenvalue weighted by molar-refractivity contribution is 7.19. The molecule has 0 radical (unpaired) electrons. The van der Waals surface area contributed by atoms with Gasteiger partial charge in [-0.1, -0.05) is 18.2 Å². The Morgan fingerprint density at radius 2 is 1.90 bits per heavy atom. The molecule has 2 aromatic carbocycles. The van der Waals surface area contributed by atoms with Crippen LogP contribution in [0.1, 0.15) is 27.6 Å². The molecule has 0 aliphatic carbocycles. The van der Waals surface area contributed by atoms with Crippen LogP contribution in [0.3, 0.4) is 0 Å². The largest absolute Gasteiger partial charge is 0.309 e. The Labute approximate surface area is 128 Å². The maximum Gasteiger partial charge on any atom is 0.123 e. The summed E-state index contributed by atoms with van der Waals surface area (Å²) in [6, 6.07) is 13.6. The molecule has 1 heterocycles. The zero-order valence-electron chi connectivity index (χ0n) is 12.4. The monoisotopic (exact) mass is 299 g/mol. The molecule has 0 aliphatic rings. The van der Waals surface area contributed by atoms with Crippen molar-refractivity contribution in [2.45, 2.75) is 19.9 Å². The standard InChI is InChI=1S/C18H18FNS/c1-11-5-4-6-15(12(11)2)18(20-3)17-10-13-9-14(19)7-8-16(13)21-17/h4-10,18,20H,1-3H3. The first-order chi connectivity index (χ1) is 10.1. The fourth-order valence-electron chi connectivity index (χ4n) is 2.71. The lowest BCUT2D eigenvalue weighted by molar-refractivity contribution is 0.630. The highest BCUT2D eigenvalue weighted by atomic mass is 32.1. The second-order valence-electron chi connectivity index (χ2n) is 5.34. The molecule has 3 rings (SSSR count). The Hall–Kier alpha value is -1.71. The van der Waals surface area contributed by atoms with Crippen LogP contribution in [0.4, 0.5) is 4.39 Å². The van der Waals surface area contributed by atoms with Crippen molar-refractivity contribution >= 4 is 21.4 Å². The van der Waals surface area contributed by atoms with Gasteiger partial charge in [-0.05, 0) is 67.2 Å². The molecule has 3 heteroatoms. The third-order valence-corrected chi connectivity index (χ3v) is 5.21. The molecule has 1 aromatic heterocycles. The third kappa shape index (κ3) is 2.59. The van der Waals surface area contributed by atoms with Gasteiger partial charge in [0, 0.05) is 9.58 Å². The summed E-state index contributed by atoms with van der Waals surface area (Å²) in [7, 11) is 1.97. The number of benzene rings is 2. The summed E-state index contributed by atoms with van der Waals surface area (Å²) >= 11 is 1.72.